The first-order valence-electron chi connectivity index (χ1n) is 6.64. The van der Waals surface area contributed by atoms with E-state index in [4.69, 9.17) is 26.2 Å². The number of carbonyl (C=O) groups is 2. The van der Waals surface area contributed by atoms with E-state index < -0.39 is 40.9 Å². The van der Waals surface area contributed by atoms with Gasteiger partial charge in [-0.05, 0) is 20.8 Å². The quantitative estimate of drug-likeness (QED) is 0.445. The number of carbonyl (C=O) groups excluding carboxylic acids is 1. The molecular weight excluding hydrogens is 346 g/mol. The highest BCUT2D eigenvalue weighted by molar-refractivity contribution is 6.29. The Hall–Kier alpha value is -2.62. The van der Waals surface area contributed by atoms with Crippen molar-refractivity contribution in [2.75, 3.05) is 6.61 Å². The van der Waals surface area contributed by atoms with Crippen LogP contribution in [0.4, 0.5) is 10.5 Å². The molecule has 1 rings (SSSR count). The van der Waals surface area contributed by atoms with Gasteiger partial charge >= 0.3 is 17.7 Å². The number of halogens is 1. The Morgan fingerprint density at radius 1 is 1.50 bits per heavy atom. The highest BCUT2D eigenvalue weighted by atomic mass is 35.5. The Morgan fingerprint density at radius 2 is 2.12 bits per heavy atom. The summed E-state index contributed by atoms with van der Waals surface area (Å²) in [5.41, 5.74) is -1.30. The molecule has 1 amide bonds. The molecule has 0 fully saturated rings. The molecular formula is C13H16ClN3O7. The normalized spacial score (nSPS) is 12.2. The molecule has 0 aliphatic heterocycles. The highest BCUT2D eigenvalue weighted by Crippen LogP contribution is 2.28. The molecule has 0 spiro atoms. The monoisotopic (exact) mass is 361 g/mol. The SMILES string of the molecule is CC(C)(C)OC(=O)N[C@@H](COc1cc(Cl)ncc1[N+](=O)[O-])C(=O)O. The van der Waals surface area contributed by atoms with Crippen molar-refractivity contribution in [1.29, 1.82) is 0 Å². The van der Waals surface area contributed by atoms with Crippen LogP contribution in [0, 0.1) is 10.1 Å². The zero-order valence-corrected chi connectivity index (χ0v) is 13.9. The first kappa shape index (κ1) is 19.4. The van der Waals surface area contributed by atoms with Crippen LogP contribution >= 0.6 is 11.6 Å². The number of nitro groups is 1. The lowest BCUT2D eigenvalue weighted by Crippen LogP contribution is -2.46. The zero-order valence-electron chi connectivity index (χ0n) is 13.1. The van der Waals surface area contributed by atoms with E-state index in [-0.39, 0.29) is 10.9 Å². The number of nitrogens with zero attached hydrogens (tertiary/aromatic N) is 2. The Kier molecular flexibility index (Phi) is 6.29. The van der Waals surface area contributed by atoms with Crippen molar-refractivity contribution in [3.8, 4) is 5.75 Å². The maximum absolute atomic E-state index is 11.6. The molecule has 0 aliphatic carbocycles. The summed E-state index contributed by atoms with van der Waals surface area (Å²) in [6.07, 6.45) is -0.0740. The molecule has 0 aromatic carbocycles. The summed E-state index contributed by atoms with van der Waals surface area (Å²) in [6.45, 7) is 4.26. The summed E-state index contributed by atoms with van der Waals surface area (Å²) in [6, 6.07) is -0.405. The molecule has 0 radical (unpaired) electrons. The number of hydrogen-bond acceptors (Lipinski definition) is 7. The Labute approximate surface area is 141 Å². The van der Waals surface area contributed by atoms with E-state index >= 15 is 0 Å². The van der Waals surface area contributed by atoms with Crippen LogP contribution in [0.2, 0.25) is 5.15 Å². The fourth-order valence-corrected chi connectivity index (χ4v) is 1.60. The highest BCUT2D eigenvalue weighted by Gasteiger charge is 2.26. The zero-order chi connectivity index (χ0) is 18.5. The van der Waals surface area contributed by atoms with Crippen LogP contribution in [-0.4, -0.2) is 45.3 Å². The lowest BCUT2D eigenvalue weighted by molar-refractivity contribution is -0.386. The summed E-state index contributed by atoms with van der Waals surface area (Å²) in [5, 5.41) is 22.0. The Balaban J connectivity index is 2.81. The molecule has 11 heteroatoms. The third-order valence-electron chi connectivity index (χ3n) is 2.40. The van der Waals surface area contributed by atoms with E-state index in [0.29, 0.717) is 0 Å². The van der Waals surface area contributed by atoms with Crippen LogP contribution in [0.1, 0.15) is 20.8 Å². The molecule has 24 heavy (non-hydrogen) atoms. The lowest BCUT2D eigenvalue weighted by Gasteiger charge is -2.22. The number of aliphatic carboxylic acids is 1. The van der Waals surface area contributed by atoms with Crippen molar-refractivity contribution in [3.63, 3.8) is 0 Å². The maximum atomic E-state index is 11.6. The van der Waals surface area contributed by atoms with Gasteiger partial charge in [0.05, 0.1) is 4.92 Å². The van der Waals surface area contributed by atoms with Gasteiger partial charge in [-0.25, -0.2) is 14.6 Å². The number of rotatable bonds is 6. The van der Waals surface area contributed by atoms with Gasteiger partial charge in [-0.2, -0.15) is 0 Å². The summed E-state index contributed by atoms with van der Waals surface area (Å²) in [5.74, 6) is -1.67. The number of amides is 1. The molecule has 1 atom stereocenters. The topological polar surface area (TPSA) is 141 Å². The lowest BCUT2D eigenvalue weighted by atomic mass is 10.2. The predicted molar refractivity (Wildman–Crippen MR) is 82.2 cm³/mol. The van der Waals surface area contributed by atoms with Crippen LogP contribution in [-0.2, 0) is 9.53 Å². The molecule has 0 bridgehead atoms. The first-order chi connectivity index (χ1) is 11.0. The molecule has 0 unspecified atom stereocenters. The van der Waals surface area contributed by atoms with Gasteiger partial charge in [0.1, 0.15) is 23.6 Å². The summed E-state index contributed by atoms with van der Waals surface area (Å²) < 4.78 is 10.1. The molecule has 1 aromatic rings. The largest absolute Gasteiger partial charge is 0.484 e. The van der Waals surface area contributed by atoms with Crippen LogP contribution < -0.4 is 10.1 Å². The third kappa shape index (κ3) is 6.24. The Morgan fingerprint density at radius 3 is 2.62 bits per heavy atom. The maximum Gasteiger partial charge on any atom is 0.408 e. The summed E-state index contributed by atoms with van der Waals surface area (Å²) >= 11 is 5.64. The molecule has 0 saturated carbocycles. The fourth-order valence-electron chi connectivity index (χ4n) is 1.46. The van der Waals surface area contributed by atoms with Gasteiger partial charge < -0.3 is 19.9 Å². The van der Waals surface area contributed by atoms with Crippen molar-refractivity contribution >= 4 is 29.4 Å². The number of alkyl carbamates (subject to hydrolysis) is 1. The van der Waals surface area contributed by atoms with Crippen LogP contribution in [0.15, 0.2) is 12.3 Å². The van der Waals surface area contributed by atoms with Crippen molar-refractivity contribution < 1.29 is 29.1 Å². The third-order valence-corrected chi connectivity index (χ3v) is 2.61. The van der Waals surface area contributed by atoms with Gasteiger partial charge in [-0.15, -0.1) is 0 Å². The fraction of sp³-hybridized carbons (Fsp3) is 0.462. The number of carboxylic acid groups (broad SMARTS) is 1. The molecule has 2 N–H and O–H groups in total. The number of nitrogens with one attached hydrogen (secondary N) is 1. The second-order valence-corrected chi connectivity index (χ2v) is 5.97. The minimum Gasteiger partial charge on any atom is -0.484 e. The molecule has 1 heterocycles. The summed E-state index contributed by atoms with van der Waals surface area (Å²) in [4.78, 5) is 36.5. The van der Waals surface area contributed by atoms with E-state index in [1.54, 1.807) is 20.8 Å². The van der Waals surface area contributed by atoms with Gasteiger partial charge in [-0.3, -0.25) is 10.1 Å². The Bertz CT molecular complexity index is 645. The second kappa shape index (κ2) is 7.77. The predicted octanol–water partition coefficient (Wildman–Crippen LogP) is 2.00. The number of ether oxygens (including phenoxy) is 2. The molecule has 0 saturated heterocycles. The molecule has 132 valence electrons. The van der Waals surface area contributed by atoms with E-state index in [9.17, 15) is 19.7 Å². The molecule has 0 aliphatic rings. The van der Waals surface area contributed by atoms with Crippen LogP contribution in [0.25, 0.3) is 0 Å². The van der Waals surface area contributed by atoms with E-state index in [1.807, 2.05) is 0 Å². The van der Waals surface area contributed by atoms with Crippen molar-refractivity contribution in [1.82, 2.24) is 10.3 Å². The van der Waals surface area contributed by atoms with Gasteiger partial charge in [0.2, 0.25) is 5.75 Å². The smallest absolute Gasteiger partial charge is 0.408 e. The van der Waals surface area contributed by atoms with Crippen molar-refractivity contribution in [3.05, 3.63) is 27.5 Å². The van der Waals surface area contributed by atoms with Gasteiger partial charge in [0.15, 0.2) is 6.04 Å². The van der Waals surface area contributed by atoms with Gasteiger partial charge in [0, 0.05) is 6.07 Å². The van der Waals surface area contributed by atoms with Crippen LogP contribution in [0.3, 0.4) is 0 Å². The van der Waals surface area contributed by atoms with Crippen molar-refractivity contribution in [2.24, 2.45) is 0 Å². The van der Waals surface area contributed by atoms with Gasteiger partial charge in [0.25, 0.3) is 0 Å². The first-order valence-corrected chi connectivity index (χ1v) is 7.02. The van der Waals surface area contributed by atoms with E-state index in [1.165, 1.54) is 0 Å². The molecule has 1 aromatic heterocycles. The average molecular weight is 362 g/mol. The minimum atomic E-state index is -1.48. The van der Waals surface area contributed by atoms with E-state index in [0.717, 1.165) is 12.3 Å². The van der Waals surface area contributed by atoms with Gasteiger partial charge in [-0.1, -0.05) is 11.6 Å². The number of hydrogen-bond donors (Lipinski definition) is 2. The second-order valence-electron chi connectivity index (χ2n) is 5.58. The summed E-state index contributed by atoms with van der Waals surface area (Å²) in [7, 11) is 0. The minimum absolute atomic E-state index is 0.0671. The standard InChI is InChI=1S/C13H16ClN3O7/c1-13(2,3)24-12(20)16-7(11(18)19)6-23-9-4-10(14)15-5-8(9)17(21)22/h4-5,7H,6H2,1-3H3,(H,16,20)(H,18,19)/t7-/m0/s1. The van der Waals surface area contributed by atoms with Crippen molar-refractivity contribution in [2.45, 2.75) is 32.4 Å². The van der Waals surface area contributed by atoms with E-state index in [2.05, 4.69) is 10.3 Å². The number of carboxylic acids is 1. The molecule has 10 nitrogen and oxygen atoms in total. The average Bonchev–Trinajstić information content (AvgIpc) is 2.40. The van der Waals surface area contributed by atoms with Crippen LogP contribution in [0.5, 0.6) is 5.75 Å². The number of pyridine rings is 1. The number of aromatic nitrogens is 1.